The number of hydrogen-bond acceptors (Lipinski definition) is 6. The van der Waals surface area contributed by atoms with Crippen LogP contribution in [0.25, 0.3) is 11.1 Å². The fourth-order valence-electron chi connectivity index (χ4n) is 4.10. The summed E-state index contributed by atoms with van der Waals surface area (Å²) in [5, 5.41) is 6.51. The number of hydrogen-bond donors (Lipinski definition) is 2. The highest BCUT2D eigenvalue weighted by Gasteiger charge is 2.16. The second kappa shape index (κ2) is 20.0. The van der Waals surface area contributed by atoms with Gasteiger partial charge in [0.1, 0.15) is 5.60 Å². The molecule has 0 spiro atoms. The minimum absolute atomic E-state index is 0.340. The van der Waals surface area contributed by atoms with Crippen LogP contribution in [0.4, 0.5) is 10.5 Å². The van der Waals surface area contributed by atoms with Crippen LogP contribution in [0.5, 0.6) is 5.88 Å². The number of pyridine rings is 1. The number of unbranched alkanes of at least 4 members (excludes halogenated alkanes) is 4. The Bertz CT molecular complexity index is 1040. The molecule has 1 aromatic carbocycles. The van der Waals surface area contributed by atoms with E-state index in [9.17, 15) is 4.79 Å². The van der Waals surface area contributed by atoms with E-state index in [1.807, 2.05) is 46.2 Å². The van der Waals surface area contributed by atoms with Crippen molar-refractivity contribution in [1.29, 1.82) is 0 Å². The SMILES string of the molecule is CCC(C)c1cc(-c2ccnc(OC)c2)cc(NCCCCCCCNC(=O)OC(C)(C)C)c1C=NC.CPI. The molecule has 2 atom stereocenters. The molecule has 9 heteroatoms. The molecule has 7 nitrogen and oxygen atoms in total. The lowest BCUT2D eigenvalue weighted by Crippen LogP contribution is -2.32. The highest BCUT2D eigenvalue weighted by Crippen LogP contribution is 2.34. The molecule has 2 unspecified atom stereocenters. The van der Waals surface area contributed by atoms with Crippen LogP contribution in [0.1, 0.15) is 90.2 Å². The zero-order valence-corrected chi connectivity index (χ0v) is 28.9. The van der Waals surface area contributed by atoms with Crippen molar-refractivity contribution in [3.63, 3.8) is 0 Å². The van der Waals surface area contributed by atoms with Crippen molar-refractivity contribution < 1.29 is 14.3 Å². The highest BCUT2D eigenvalue weighted by atomic mass is 127. The summed E-state index contributed by atoms with van der Waals surface area (Å²) in [5.74, 6) is 1.02. The summed E-state index contributed by atoms with van der Waals surface area (Å²) in [7, 11) is 3.46. The molecule has 0 saturated heterocycles. The zero-order valence-electron chi connectivity index (χ0n) is 25.7. The average molecular weight is 685 g/mol. The van der Waals surface area contributed by atoms with Crippen LogP contribution in [0.15, 0.2) is 35.5 Å². The van der Waals surface area contributed by atoms with E-state index >= 15 is 0 Å². The van der Waals surface area contributed by atoms with E-state index in [0.717, 1.165) is 73.7 Å². The third-order valence-corrected chi connectivity index (χ3v) is 6.23. The molecule has 0 fully saturated rings. The fourth-order valence-corrected chi connectivity index (χ4v) is 4.10. The Morgan fingerprint density at radius 3 is 2.38 bits per heavy atom. The summed E-state index contributed by atoms with van der Waals surface area (Å²) in [6.45, 7) is 13.8. The number of aromatic nitrogens is 1. The Kier molecular flexibility index (Phi) is 18.1. The summed E-state index contributed by atoms with van der Waals surface area (Å²) in [6.07, 6.45) is 10.9. The minimum Gasteiger partial charge on any atom is -0.481 e. The number of benzene rings is 1. The van der Waals surface area contributed by atoms with Crippen molar-refractivity contribution in [2.24, 2.45) is 4.99 Å². The first-order valence-electron chi connectivity index (χ1n) is 14.2. The van der Waals surface area contributed by atoms with Crippen LogP contribution < -0.4 is 15.4 Å². The number of nitrogens with one attached hydrogen (secondary N) is 2. The Morgan fingerprint density at radius 1 is 1.12 bits per heavy atom. The third-order valence-electron chi connectivity index (χ3n) is 6.23. The number of amides is 1. The predicted molar refractivity (Wildman–Crippen MR) is 183 cm³/mol. The number of carbonyl (C=O) groups is 1. The quantitative estimate of drug-likeness (QED) is 0.0899. The number of nitrogens with zero attached hydrogens (tertiary/aromatic N) is 2. The second-order valence-electron chi connectivity index (χ2n) is 10.6. The smallest absolute Gasteiger partial charge is 0.407 e. The van der Waals surface area contributed by atoms with Crippen LogP contribution in [0, 0.1) is 0 Å². The molecular weight excluding hydrogens is 634 g/mol. The van der Waals surface area contributed by atoms with Crippen LogP contribution in [0.3, 0.4) is 0 Å². The van der Waals surface area contributed by atoms with Gasteiger partial charge in [0.05, 0.1) is 7.11 Å². The molecule has 224 valence electrons. The second-order valence-corrected chi connectivity index (χ2v) is 14.2. The van der Waals surface area contributed by atoms with Gasteiger partial charge in [0.2, 0.25) is 5.88 Å². The van der Waals surface area contributed by atoms with E-state index in [1.165, 1.54) is 5.56 Å². The number of anilines is 1. The van der Waals surface area contributed by atoms with Gasteiger partial charge in [0.25, 0.3) is 0 Å². The van der Waals surface area contributed by atoms with Crippen LogP contribution in [-0.2, 0) is 4.74 Å². The number of alkyl carbamates (subject to hydrolysis) is 1. The largest absolute Gasteiger partial charge is 0.481 e. The topological polar surface area (TPSA) is 84.8 Å². The Labute approximate surface area is 257 Å². The van der Waals surface area contributed by atoms with Crippen LogP contribution in [-0.4, -0.2) is 56.8 Å². The van der Waals surface area contributed by atoms with E-state index in [4.69, 9.17) is 9.47 Å². The molecule has 2 N–H and O–H groups in total. The van der Waals surface area contributed by atoms with E-state index in [2.05, 4.69) is 75.3 Å². The molecule has 1 aromatic heterocycles. The van der Waals surface area contributed by atoms with Gasteiger partial charge in [0.15, 0.2) is 0 Å². The molecule has 2 rings (SSSR count). The van der Waals surface area contributed by atoms with E-state index in [0.29, 0.717) is 18.3 Å². The Hall–Kier alpha value is -1.93. The van der Waals surface area contributed by atoms with Gasteiger partial charge in [-0.3, -0.25) is 4.99 Å². The minimum atomic E-state index is -0.458. The molecule has 0 aliphatic rings. The lowest BCUT2D eigenvalue weighted by atomic mass is 9.89. The number of halogens is 1. The molecule has 1 heterocycles. The predicted octanol–water partition coefficient (Wildman–Crippen LogP) is 8.85. The first kappa shape index (κ1) is 36.1. The Balaban J connectivity index is 0.00000254. The average Bonchev–Trinajstić information content (AvgIpc) is 2.91. The molecule has 0 radical (unpaired) electrons. The standard InChI is InChI=1S/C30H46N4O3.CH4IP/c1-8-22(2)25-18-24(23-14-17-33-28(20-23)36-7)19-27(26(25)21-31-6)32-15-12-10-9-11-13-16-34-29(35)37-30(3,4)5;1-3-2/h14,17-22,32H,8-13,15-16H2,1-7H3,(H,34,35);3H,1H3. The number of carbonyl (C=O) groups excluding carboxylic acids is 1. The van der Waals surface area contributed by atoms with Crippen molar-refractivity contribution in [2.45, 2.75) is 84.7 Å². The van der Waals surface area contributed by atoms with Crippen molar-refractivity contribution in [3.05, 3.63) is 41.6 Å². The van der Waals surface area contributed by atoms with Crippen molar-refractivity contribution >= 4 is 46.3 Å². The molecule has 0 bridgehead atoms. The lowest BCUT2D eigenvalue weighted by molar-refractivity contribution is 0.0527. The number of rotatable bonds is 14. The maximum atomic E-state index is 11.7. The molecule has 40 heavy (non-hydrogen) atoms. The zero-order chi connectivity index (χ0) is 30.0. The van der Waals surface area contributed by atoms with Crippen molar-refractivity contribution in [3.8, 4) is 17.0 Å². The maximum absolute atomic E-state index is 11.7. The van der Waals surface area contributed by atoms with E-state index in [1.54, 1.807) is 13.3 Å². The number of aliphatic imine (C=N–C) groups is 1. The number of methoxy groups -OCH3 is 1. The highest BCUT2D eigenvalue weighted by molar-refractivity contribution is 14.2. The molecule has 0 saturated carbocycles. The molecule has 0 aliphatic heterocycles. The summed E-state index contributed by atoms with van der Waals surface area (Å²) < 4.78 is 10.6. The summed E-state index contributed by atoms with van der Waals surface area (Å²) in [6, 6.07) is 8.48. The van der Waals surface area contributed by atoms with Gasteiger partial charge in [-0.25, -0.2) is 9.78 Å². The van der Waals surface area contributed by atoms with Gasteiger partial charge in [-0.05, 0) is 81.4 Å². The van der Waals surface area contributed by atoms with Crippen LogP contribution >= 0.6 is 28.3 Å². The Morgan fingerprint density at radius 2 is 1.77 bits per heavy atom. The third kappa shape index (κ3) is 14.1. The van der Waals surface area contributed by atoms with Gasteiger partial charge in [-0.1, -0.05) is 67.4 Å². The van der Waals surface area contributed by atoms with Gasteiger partial charge in [-0.15, -0.1) is 0 Å². The van der Waals surface area contributed by atoms with Crippen molar-refractivity contribution in [2.75, 3.05) is 39.2 Å². The van der Waals surface area contributed by atoms with Gasteiger partial charge >= 0.3 is 6.09 Å². The summed E-state index contributed by atoms with van der Waals surface area (Å²) in [5.41, 5.74) is 5.33. The van der Waals surface area contributed by atoms with Gasteiger partial charge in [-0.2, -0.15) is 0 Å². The van der Waals surface area contributed by atoms with Crippen molar-refractivity contribution in [1.82, 2.24) is 10.3 Å². The van der Waals surface area contributed by atoms with Gasteiger partial charge in [0, 0.05) is 49.9 Å². The molecule has 1 amide bonds. The van der Waals surface area contributed by atoms with E-state index < -0.39 is 5.60 Å². The summed E-state index contributed by atoms with van der Waals surface area (Å²) >= 11 is 2.32. The monoisotopic (exact) mass is 684 g/mol. The number of ether oxygens (including phenoxy) is 2. The first-order valence-corrected chi connectivity index (χ1v) is 18.8. The fraction of sp³-hybridized carbons (Fsp3) is 0.581. The van der Waals surface area contributed by atoms with Gasteiger partial charge < -0.3 is 20.1 Å². The molecule has 2 aromatic rings. The van der Waals surface area contributed by atoms with E-state index in [-0.39, 0.29) is 6.09 Å². The summed E-state index contributed by atoms with van der Waals surface area (Å²) in [4.78, 5) is 20.3. The maximum Gasteiger partial charge on any atom is 0.407 e. The first-order chi connectivity index (χ1) is 19.1. The molecule has 0 aliphatic carbocycles. The molecular formula is C31H50IN4O3P. The van der Waals surface area contributed by atoms with Crippen LogP contribution in [0.2, 0.25) is 0 Å². The lowest BCUT2D eigenvalue weighted by Gasteiger charge is -2.20. The normalized spacial score (nSPS) is 12.2.